The zero-order chi connectivity index (χ0) is 0. The Morgan fingerprint density at radius 2 is 0.750 bits per heavy atom. The standard InChI is InChI=1S/Fe.Ni.2H2O/h;;2*1H2/q;+2;;/p-2. The second-order valence-corrected chi connectivity index (χ2v) is 0. The van der Waals surface area contributed by atoms with Crippen LogP contribution in [0, 0.1) is 0 Å². The van der Waals surface area contributed by atoms with Crippen molar-refractivity contribution in [3.63, 3.8) is 0 Å². The van der Waals surface area contributed by atoms with Gasteiger partial charge in [-0.1, -0.05) is 0 Å². The van der Waals surface area contributed by atoms with Gasteiger partial charge in [0.05, 0.1) is 0 Å². The molecule has 0 aliphatic rings. The average molecular weight is 149 g/mol. The van der Waals surface area contributed by atoms with Gasteiger partial charge in [-0.25, -0.2) is 0 Å². The quantitative estimate of drug-likeness (QED) is 0.441. The summed E-state index contributed by atoms with van der Waals surface area (Å²) in [5.74, 6) is 0. The minimum Gasteiger partial charge on any atom is -0.870 e. The van der Waals surface area contributed by atoms with E-state index >= 15 is 0 Å². The van der Waals surface area contributed by atoms with E-state index in [1.807, 2.05) is 0 Å². The molecule has 0 atom stereocenters. The van der Waals surface area contributed by atoms with E-state index in [1.165, 1.54) is 0 Å². The summed E-state index contributed by atoms with van der Waals surface area (Å²) in [6.07, 6.45) is 0. The van der Waals surface area contributed by atoms with Crippen molar-refractivity contribution < 1.29 is 44.5 Å². The molecule has 0 bridgehead atoms. The Hall–Kier alpha value is 0.933. The summed E-state index contributed by atoms with van der Waals surface area (Å²) in [7, 11) is 0. The molecule has 32 valence electrons. The largest absolute Gasteiger partial charge is 2.00 e. The van der Waals surface area contributed by atoms with E-state index in [1.54, 1.807) is 0 Å². The Kier molecular flexibility index (Phi) is 852. The van der Waals surface area contributed by atoms with Gasteiger partial charge in [-0.2, -0.15) is 0 Å². The SMILES string of the molecule is [Fe].[Ni+2].[OH-].[OH-]. The van der Waals surface area contributed by atoms with Gasteiger partial charge in [-0.3, -0.25) is 0 Å². The van der Waals surface area contributed by atoms with Gasteiger partial charge in [-0.15, -0.1) is 0 Å². The molecule has 0 rings (SSSR count). The van der Waals surface area contributed by atoms with Crippen molar-refractivity contribution in [2.45, 2.75) is 0 Å². The van der Waals surface area contributed by atoms with Crippen molar-refractivity contribution in [2.75, 3.05) is 0 Å². The maximum absolute atomic E-state index is 0. The fourth-order valence-corrected chi connectivity index (χ4v) is 0. The van der Waals surface area contributed by atoms with Crippen molar-refractivity contribution in [3.05, 3.63) is 0 Å². The maximum atomic E-state index is 0. The van der Waals surface area contributed by atoms with Crippen LogP contribution in [-0.4, -0.2) is 11.0 Å². The van der Waals surface area contributed by atoms with E-state index in [0.717, 1.165) is 0 Å². The van der Waals surface area contributed by atoms with Gasteiger partial charge in [0.15, 0.2) is 0 Å². The van der Waals surface area contributed by atoms with Crippen LogP contribution in [0.1, 0.15) is 0 Å². The van der Waals surface area contributed by atoms with Crippen molar-refractivity contribution in [1.82, 2.24) is 0 Å². The summed E-state index contributed by atoms with van der Waals surface area (Å²) in [4.78, 5) is 0. The molecular formula is H2FeNiO2. The fourth-order valence-electron chi connectivity index (χ4n) is 0. The molecule has 0 aromatic carbocycles. The van der Waals surface area contributed by atoms with E-state index in [2.05, 4.69) is 0 Å². The van der Waals surface area contributed by atoms with Gasteiger partial charge in [0.1, 0.15) is 0 Å². The smallest absolute Gasteiger partial charge is 0.870 e. The van der Waals surface area contributed by atoms with Gasteiger partial charge in [-0.05, 0) is 0 Å². The zero-order valence-corrected chi connectivity index (χ0v) is 3.66. The summed E-state index contributed by atoms with van der Waals surface area (Å²) in [5.41, 5.74) is 0. The Morgan fingerprint density at radius 3 is 0.750 bits per heavy atom. The molecule has 2 nitrogen and oxygen atoms in total. The van der Waals surface area contributed by atoms with Crippen LogP contribution in [0.4, 0.5) is 0 Å². The molecule has 4 heavy (non-hydrogen) atoms. The first-order chi connectivity index (χ1) is 0. The summed E-state index contributed by atoms with van der Waals surface area (Å²) in [6, 6.07) is 0. The van der Waals surface area contributed by atoms with Crippen LogP contribution < -0.4 is 0 Å². The van der Waals surface area contributed by atoms with Gasteiger partial charge in [0.25, 0.3) is 0 Å². The Labute approximate surface area is 45.0 Å². The number of rotatable bonds is 0. The zero-order valence-electron chi connectivity index (χ0n) is 1.56. The van der Waals surface area contributed by atoms with Gasteiger partial charge in [0, 0.05) is 17.1 Å². The van der Waals surface area contributed by atoms with E-state index in [0.29, 0.717) is 0 Å². The molecule has 0 aliphatic carbocycles. The summed E-state index contributed by atoms with van der Waals surface area (Å²) in [6.45, 7) is 0. The molecule has 0 spiro atoms. The fraction of sp³-hybridized carbons (Fsp3) is 0. The molecule has 0 saturated heterocycles. The van der Waals surface area contributed by atoms with Crippen LogP contribution in [0.15, 0.2) is 0 Å². The third-order valence-electron chi connectivity index (χ3n) is 0. The topological polar surface area (TPSA) is 60.0 Å². The maximum Gasteiger partial charge on any atom is 2.00 e. The van der Waals surface area contributed by atoms with Crippen molar-refractivity contribution in [1.29, 1.82) is 0 Å². The molecule has 0 aliphatic heterocycles. The average Bonchev–Trinajstić information content (AvgIpc) is 0. The van der Waals surface area contributed by atoms with Gasteiger partial charge < -0.3 is 11.0 Å². The van der Waals surface area contributed by atoms with Crippen LogP contribution in [0.5, 0.6) is 0 Å². The molecular weight excluding hydrogens is 147 g/mol. The number of hydrogen-bond donors (Lipinski definition) is 0. The van der Waals surface area contributed by atoms with Gasteiger partial charge in [0.2, 0.25) is 0 Å². The van der Waals surface area contributed by atoms with Crippen LogP contribution in [0.25, 0.3) is 0 Å². The van der Waals surface area contributed by atoms with E-state index < -0.39 is 0 Å². The Morgan fingerprint density at radius 1 is 0.750 bits per heavy atom. The van der Waals surface area contributed by atoms with Gasteiger partial charge >= 0.3 is 16.5 Å². The van der Waals surface area contributed by atoms with E-state index in [-0.39, 0.29) is 44.5 Å². The molecule has 0 heterocycles. The molecule has 0 fully saturated rings. The Balaban J connectivity index is 0. The molecule has 0 saturated carbocycles. The van der Waals surface area contributed by atoms with E-state index in [4.69, 9.17) is 0 Å². The first-order valence-electron chi connectivity index (χ1n) is 0. The molecule has 0 amide bonds. The van der Waals surface area contributed by atoms with Crippen LogP contribution in [-0.2, 0) is 33.6 Å². The summed E-state index contributed by atoms with van der Waals surface area (Å²) < 4.78 is 0. The molecule has 4 heteroatoms. The van der Waals surface area contributed by atoms with Crippen LogP contribution >= 0.6 is 0 Å². The van der Waals surface area contributed by atoms with Crippen molar-refractivity contribution in [3.8, 4) is 0 Å². The van der Waals surface area contributed by atoms with Crippen LogP contribution in [0.3, 0.4) is 0 Å². The first-order valence-corrected chi connectivity index (χ1v) is 0. The molecule has 0 unspecified atom stereocenters. The molecule has 0 aromatic heterocycles. The summed E-state index contributed by atoms with van der Waals surface area (Å²) >= 11 is 0. The normalized spacial score (nSPS) is 0. The third kappa shape index (κ3) is 12.6. The predicted octanol–water partition coefficient (Wildman–Crippen LogP) is -0.359. The minimum absolute atomic E-state index is 0. The first kappa shape index (κ1) is 87.7. The number of hydrogen-bond acceptors (Lipinski definition) is 2. The second-order valence-electron chi connectivity index (χ2n) is 0. The van der Waals surface area contributed by atoms with Crippen molar-refractivity contribution in [2.24, 2.45) is 0 Å². The van der Waals surface area contributed by atoms with Crippen molar-refractivity contribution >= 4 is 0 Å². The molecule has 0 aromatic rings. The minimum atomic E-state index is 0. The molecule has 0 radical (unpaired) electrons. The Bertz CT molecular complexity index is 6.00. The van der Waals surface area contributed by atoms with E-state index in [9.17, 15) is 0 Å². The third-order valence-corrected chi connectivity index (χ3v) is 0. The van der Waals surface area contributed by atoms with Crippen LogP contribution in [0.2, 0.25) is 0 Å². The molecule has 2 N–H and O–H groups in total. The monoisotopic (exact) mass is 148 g/mol. The second kappa shape index (κ2) is 38.9. The predicted molar refractivity (Wildman–Crippen MR) is 3.87 cm³/mol. The summed E-state index contributed by atoms with van der Waals surface area (Å²) in [5, 5.41) is 0.